The molecular formula is C28H24O8. The molecule has 1 aliphatic rings. The summed E-state index contributed by atoms with van der Waals surface area (Å²) in [7, 11) is 1.43. The molecular weight excluding hydrogens is 464 g/mol. The lowest BCUT2D eigenvalue weighted by Gasteiger charge is -2.27. The van der Waals surface area contributed by atoms with E-state index in [4.69, 9.17) is 18.6 Å². The van der Waals surface area contributed by atoms with Gasteiger partial charge in [0.15, 0.2) is 16.9 Å². The maximum absolute atomic E-state index is 13.2. The largest absolute Gasteiger partial charge is 0.507 e. The molecule has 0 bridgehead atoms. The number of hydrogen-bond donors (Lipinski definition) is 2. The molecule has 0 spiro atoms. The quantitative estimate of drug-likeness (QED) is 0.294. The highest BCUT2D eigenvalue weighted by atomic mass is 16.5. The van der Waals surface area contributed by atoms with Crippen molar-refractivity contribution < 1.29 is 33.6 Å². The van der Waals surface area contributed by atoms with E-state index in [1.54, 1.807) is 12.1 Å². The van der Waals surface area contributed by atoms with Crippen molar-refractivity contribution in [2.24, 2.45) is 0 Å². The van der Waals surface area contributed by atoms with E-state index >= 15 is 0 Å². The Bertz CT molecular complexity index is 1550. The average Bonchev–Trinajstić information content (AvgIpc) is 2.83. The molecule has 36 heavy (non-hydrogen) atoms. The number of benzene rings is 3. The summed E-state index contributed by atoms with van der Waals surface area (Å²) in [6.07, 6.45) is -0.118. The fourth-order valence-corrected chi connectivity index (χ4v) is 4.54. The van der Waals surface area contributed by atoms with Crippen LogP contribution in [0, 0.1) is 0 Å². The highest BCUT2D eigenvalue weighted by Gasteiger charge is 2.35. The third-order valence-corrected chi connectivity index (χ3v) is 6.05. The summed E-state index contributed by atoms with van der Waals surface area (Å²) in [5.41, 5.74) is 1.23. The van der Waals surface area contributed by atoms with Gasteiger partial charge in [-0.25, -0.2) is 0 Å². The first kappa shape index (κ1) is 23.3. The second-order valence-electron chi connectivity index (χ2n) is 8.81. The van der Waals surface area contributed by atoms with Crippen molar-refractivity contribution in [3.63, 3.8) is 0 Å². The number of ether oxygens (including phenoxy) is 3. The van der Waals surface area contributed by atoms with Crippen LogP contribution in [-0.2, 0) is 4.79 Å². The molecule has 0 aliphatic carbocycles. The zero-order chi connectivity index (χ0) is 25.6. The van der Waals surface area contributed by atoms with E-state index in [0.29, 0.717) is 16.9 Å². The number of carbonyl (C=O) groups excluding carboxylic acids is 1. The predicted octanol–water partition coefficient (Wildman–Crippen LogP) is 5.11. The second kappa shape index (κ2) is 8.96. The molecule has 184 valence electrons. The Morgan fingerprint density at radius 1 is 0.972 bits per heavy atom. The molecule has 1 aromatic heterocycles. The van der Waals surface area contributed by atoms with Crippen LogP contribution in [0.4, 0.5) is 0 Å². The Kier molecular flexibility index (Phi) is 5.80. The van der Waals surface area contributed by atoms with Gasteiger partial charge in [-0.05, 0) is 38.1 Å². The van der Waals surface area contributed by atoms with Crippen LogP contribution in [0.15, 0.2) is 63.8 Å². The van der Waals surface area contributed by atoms with E-state index in [1.807, 2.05) is 38.1 Å². The molecule has 0 radical (unpaired) electrons. The van der Waals surface area contributed by atoms with Crippen LogP contribution < -0.4 is 19.6 Å². The van der Waals surface area contributed by atoms with Crippen LogP contribution in [0.1, 0.15) is 37.3 Å². The summed E-state index contributed by atoms with van der Waals surface area (Å²) in [6.45, 7) is 3.81. The van der Waals surface area contributed by atoms with Crippen LogP contribution >= 0.6 is 0 Å². The lowest BCUT2D eigenvalue weighted by molar-refractivity contribution is -0.135. The third-order valence-electron chi connectivity index (χ3n) is 6.05. The molecule has 2 heterocycles. The van der Waals surface area contributed by atoms with Gasteiger partial charge in [-0.2, -0.15) is 0 Å². The van der Waals surface area contributed by atoms with Gasteiger partial charge in [-0.15, -0.1) is 0 Å². The number of para-hydroxylation sites is 1. The first-order chi connectivity index (χ1) is 17.3. The van der Waals surface area contributed by atoms with Crippen molar-refractivity contribution in [3.8, 4) is 40.1 Å². The molecule has 8 nitrogen and oxygen atoms in total. The Hall–Kier alpha value is -4.46. The topological polar surface area (TPSA) is 115 Å². The minimum atomic E-state index is -0.554. The van der Waals surface area contributed by atoms with E-state index in [9.17, 15) is 19.8 Å². The van der Waals surface area contributed by atoms with E-state index in [1.165, 1.54) is 25.3 Å². The monoisotopic (exact) mass is 488 g/mol. The van der Waals surface area contributed by atoms with Gasteiger partial charge >= 0.3 is 5.97 Å². The van der Waals surface area contributed by atoms with Crippen molar-refractivity contribution in [2.45, 2.75) is 32.3 Å². The molecule has 5 rings (SSSR count). The van der Waals surface area contributed by atoms with Gasteiger partial charge in [0.25, 0.3) is 0 Å². The maximum atomic E-state index is 13.2. The van der Waals surface area contributed by atoms with Crippen molar-refractivity contribution >= 4 is 16.9 Å². The van der Waals surface area contributed by atoms with Gasteiger partial charge in [0, 0.05) is 34.7 Å². The fourth-order valence-electron chi connectivity index (χ4n) is 4.54. The molecule has 8 heteroatoms. The minimum absolute atomic E-state index is 0.0113. The molecule has 2 N–H and O–H groups in total. The van der Waals surface area contributed by atoms with Crippen molar-refractivity contribution in [3.05, 3.63) is 75.9 Å². The van der Waals surface area contributed by atoms with Gasteiger partial charge in [-0.3, -0.25) is 9.59 Å². The van der Waals surface area contributed by atoms with E-state index in [0.717, 1.165) is 5.56 Å². The number of phenols is 2. The number of methoxy groups -OCH3 is 1. The standard InChI is InChI=1S/C28H24O8/c1-14(2)34-21-7-5-4-6-16(21)17-11-25(32)35-24-13-20(31)27-19(30)12-23(36-28(27)26(17)24)15-8-9-22(33-3)18(29)10-15/h4-10,12-14,17,29,31H,11H2,1-3H3. The fraction of sp³-hybridized carbons (Fsp3) is 0.214. The molecule has 1 aliphatic heterocycles. The van der Waals surface area contributed by atoms with Crippen LogP contribution in [0.3, 0.4) is 0 Å². The summed E-state index contributed by atoms with van der Waals surface area (Å²) in [4.78, 5) is 25.7. The van der Waals surface area contributed by atoms with Crippen molar-refractivity contribution in [1.29, 1.82) is 0 Å². The number of hydrogen-bond acceptors (Lipinski definition) is 8. The van der Waals surface area contributed by atoms with Crippen LogP contribution in [0.5, 0.6) is 28.7 Å². The highest BCUT2D eigenvalue weighted by Crippen LogP contribution is 2.48. The molecule has 0 fully saturated rings. The van der Waals surface area contributed by atoms with Gasteiger partial charge < -0.3 is 28.8 Å². The van der Waals surface area contributed by atoms with Crippen molar-refractivity contribution in [2.75, 3.05) is 7.11 Å². The Morgan fingerprint density at radius 2 is 1.75 bits per heavy atom. The highest BCUT2D eigenvalue weighted by molar-refractivity contribution is 5.93. The normalized spacial score (nSPS) is 15.0. The Balaban J connectivity index is 1.78. The third kappa shape index (κ3) is 4.00. The van der Waals surface area contributed by atoms with Crippen molar-refractivity contribution in [1.82, 2.24) is 0 Å². The zero-order valence-electron chi connectivity index (χ0n) is 19.9. The van der Waals surface area contributed by atoms with E-state index in [-0.39, 0.29) is 52.3 Å². The zero-order valence-corrected chi connectivity index (χ0v) is 19.9. The SMILES string of the molecule is COc1ccc(-c2cc(=O)c3c(O)cc4c(c3o2)C(c2ccccc2OC(C)C)CC(=O)O4)cc1O. The Labute approximate surface area is 206 Å². The molecule has 3 aromatic carbocycles. The molecule has 0 amide bonds. The van der Waals surface area contributed by atoms with E-state index in [2.05, 4.69) is 0 Å². The number of aromatic hydroxyl groups is 2. The smallest absolute Gasteiger partial charge is 0.312 e. The van der Waals surface area contributed by atoms with Gasteiger partial charge in [-0.1, -0.05) is 18.2 Å². The molecule has 4 aromatic rings. The lowest BCUT2D eigenvalue weighted by Crippen LogP contribution is -2.22. The number of phenolic OH excluding ortho intramolecular Hbond substituents is 2. The first-order valence-electron chi connectivity index (χ1n) is 11.4. The minimum Gasteiger partial charge on any atom is -0.507 e. The number of esters is 1. The number of carbonyl (C=O) groups is 1. The summed E-state index contributed by atoms with van der Waals surface area (Å²) >= 11 is 0. The van der Waals surface area contributed by atoms with E-state index < -0.39 is 17.3 Å². The van der Waals surface area contributed by atoms with Gasteiger partial charge in [0.05, 0.1) is 19.6 Å². The average molecular weight is 488 g/mol. The molecule has 1 unspecified atom stereocenters. The maximum Gasteiger partial charge on any atom is 0.312 e. The lowest BCUT2D eigenvalue weighted by atomic mass is 9.84. The number of rotatable bonds is 5. The Morgan fingerprint density at radius 3 is 2.47 bits per heavy atom. The summed E-state index contributed by atoms with van der Waals surface area (Å²) in [5, 5.41) is 20.9. The predicted molar refractivity (Wildman–Crippen MR) is 132 cm³/mol. The first-order valence-corrected chi connectivity index (χ1v) is 11.4. The number of fused-ring (bicyclic) bond motifs is 3. The molecule has 0 saturated carbocycles. The van der Waals surface area contributed by atoms with Crippen LogP contribution in [0.2, 0.25) is 0 Å². The van der Waals surface area contributed by atoms with Crippen LogP contribution in [0.25, 0.3) is 22.3 Å². The second-order valence-corrected chi connectivity index (χ2v) is 8.81. The summed E-state index contributed by atoms with van der Waals surface area (Å²) < 4.78 is 22.8. The van der Waals surface area contributed by atoms with Gasteiger partial charge in [0.1, 0.15) is 34.0 Å². The van der Waals surface area contributed by atoms with Crippen LogP contribution in [-0.4, -0.2) is 29.4 Å². The summed E-state index contributed by atoms with van der Waals surface area (Å²) in [6, 6.07) is 14.5. The van der Waals surface area contributed by atoms with Gasteiger partial charge in [0.2, 0.25) is 0 Å². The molecule has 0 saturated heterocycles. The molecule has 1 atom stereocenters. The summed E-state index contributed by atoms with van der Waals surface area (Å²) in [5.74, 6) is -0.377.